The molecule has 3 N–H and O–H groups in total. The van der Waals surface area contributed by atoms with Crippen molar-refractivity contribution >= 4 is 23.5 Å². The number of hydrogen-bond acceptors (Lipinski definition) is 7. The molecule has 1 saturated heterocycles. The SMILES string of the molecule is C[C@@H]1CN([C@@H](C)CO)C(=O)c2cccc(NC(=O)C3CCOCC3)c2O[C@H]1CN(C)Cc1ccc(C(=O)O)cc1. The third-order valence-corrected chi connectivity index (χ3v) is 7.69. The average Bonchev–Trinajstić information content (AvgIpc) is 2.95. The Balaban J connectivity index is 1.60. The Morgan fingerprint density at radius 3 is 2.50 bits per heavy atom. The van der Waals surface area contributed by atoms with Gasteiger partial charge in [0.2, 0.25) is 5.91 Å². The number of aliphatic hydroxyl groups is 1. The minimum Gasteiger partial charge on any atom is -0.486 e. The number of hydrogen-bond donors (Lipinski definition) is 3. The van der Waals surface area contributed by atoms with Gasteiger partial charge in [-0.05, 0) is 56.6 Å². The van der Waals surface area contributed by atoms with Crippen LogP contribution < -0.4 is 10.1 Å². The highest BCUT2D eigenvalue weighted by Gasteiger charge is 2.35. The molecule has 2 aromatic rings. The van der Waals surface area contributed by atoms with Crippen LogP contribution in [0.4, 0.5) is 5.69 Å². The number of nitrogens with zero attached hydrogens (tertiary/aromatic N) is 2. The number of carbonyl (C=O) groups excluding carboxylic acids is 2. The molecule has 0 aromatic heterocycles. The number of amides is 2. The van der Waals surface area contributed by atoms with Crippen LogP contribution in [0.1, 0.15) is 53.0 Å². The summed E-state index contributed by atoms with van der Waals surface area (Å²) < 4.78 is 12.0. The van der Waals surface area contributed by atoms with Gasteiger partial charge in [0.1, 0.15) is 6.10 Å². The van der Waals surface area contributed by atoms with E-state index in [1.54, 1.807) is 47.4 Å². The van der Waals surface area contributed by atoms with Crippen LogP contribution in [0.25, 0.3) is 0 Å². The zero-order valence-corrected chi connectivity index (χ0v) is 23.3. The highest BCUT2D eigenvalue weighted by molar-refractivity contribution is 6.02. The third kappa shape index (κ3) is 6.99. The summed E-state index contributed by atoms with van der Waals surface area (Å²) in [6.07, 6.45) is 0.936. The molecule has 40 heavy (non-hydrogen) atoms. The van der Waals surface area contributed by atoms with Gasteiger partial charge in [0, 0.05) is 44.7 Å². The fraction of sp³-hybridized carbons (Fsp3) is 0.500. The van der Waals surface area contributed by atoms with Crippen LogP contribution >= 0.6 is 0 Å². The summed E-state index contributed by atoms with van der Waals surface area (Å²) in [6.45, 7) is 6.20. The van der Waals surface area contributed by atoms with E-state index >= 15 is 0 Å². The minimum atomic E-state index is -0.966. The maximum absolute atomic E-state index is 13.7. The number of para-hydroxylation sites is 1. The van der Waals surface area contributed by atoms with Crippen molar-refractivity contribution < 1.29 is 34.1 Å². The smallest absolute Gasteiger partial charge is 0.335 e. The van der Waals surface area contributed by atoms with Gasteiger partial charge in [-0.3, -0.25) is 14.5 Å². The molecule has 2 aliphatic heterocycles. The Bertz CT molecular complexity index is 1200. The van der Waals surface area contributed by atoms with Crippen molar-refractivity contribution in [3.63, 3.8) is 0 Å². The van der Waals surface area contributed by atoms with Gasteiger partial charge in [-0.1, -0.05) is 25.1 Å². The van der Waals surface area contributed by atoms with E-state index in [-0.39, 0.29) is 41.9 Å². The second-order valence-electron chi connectivity index (χ2n) is 10.9. The van der Waals surface area contributed by atoms with Gasteiger partial charge in [0.15, 0.2) is 5.75 Å². The largest absolute Gasteiger partial charge is 0.486 e. The average molecular weight is 554 g/mol. The molecule has 2 aromatic carbocycles. The molecule has 1 fully saturated rings. The minimum absolute atomic E-state index is 0.0952. The van der Waals surface area contributed by atoms with Crippen LogP contribution in [-0.4, -0.2) is 89.9 Å². The van der Waals surface area contributed by atoms with E-state index in [2.05, 4.69) is 10.2 Å². The third-order valence-electron chi connectivity index (χ3n) is 7.69. The Morgan fingerprint density at radius 2 is 1.85 bits per heavy atom. The van der Waals surface area contributed by atoms with Gasteiger partial charge in [-0.2, -0.15) is 0 Å². The first-order chi connectivity index (χ1) is 19.2. The molecular weight excluding hydrogens is 514 g/mol. The van der Waals surface area contributed by atoms with Crippen molar-refractivity contribution in [2.75, 3.05) is 45.3 Å². The molecule has 0 aliphatic carbocycles. The number of nitrogens with one attached hydrogen (secondary N) is 1. The van der Waals surface area contributed by atoms with E-state index in [1.807, 2.05) is 20.9 Å². The standard InChI is InChI=1S/C30H39N3O7/c1-19-15-33(20(2)18-34)29(36)24-5-4-6-25(31-28(35)22-11-13-39-14-12-22)27(24)40-26(19)17-32(3)16-21-7-9-23(10-8-21)30(37)38/h4-10,19-20,22,26,34H,11-18H2,1-3H3,(H,31,35)(H,37,38)/t19-,20+,26+/m1/s1. The van der Waals surface area contributed by atoms with Crippen molar-refractivity contribution in [1.82, 2.24) is 9.80 Å². The molecular formula is C30H39N3O7. The number of benzene rings is 2. The number of likely N-dealkylation sites (N-methyl/N-ethyl adjacent to an activating group) is 1. The molecule has 4 rings (SSSR count). The Kier molecular flexibility index (Phi) is 9.78. The topological polar surface area (TPSA) is 129 Å². The van der Waals surface area contributed by atoms with Gasteiger partial charge >= 0.3 is 5.97 Å². The number of carboxylic acids is 1. The zero-order chi connectivity index (χ0) is 28.8. The fourth-order valence-electron chi connectivity index (χ4n) is 5.19. The molecule has 0 radical (unpaired) electrons. The van der Waals surface area contributed by atoms with E-state index in [9.17, 15) is 24.6 Å². The van der Waals surface area contributed by atoms with Crippen molar-refractivity contribution in [2.45, 2.75) is 45.4 Å². The van der Waals surface area contributed by atoms with Crippen molar-refractivity contribution in [1.29, 1.82) is 0 Å². The van der Waals surface area contributed by atoms with E-state index in [0.29, 0.717) is 62.7 Å². The number of carboxylic acid groups (broad SMARTS) is 1. The molecule has 0 bridgehead atoms. The Hall–Kier alpha value is -3.47. The number of fused-ring (bicyclic) bond motifs is 1. The van der Waals surface area contributed by atoms with Crippen molar-refractivity contribution in [2.24, 2.45) is 11.8 Å². The number of ether oxygens (including phenoxy) is 2. The first kappa shape index (κ1) is 29.5. The summed E-state index contributed by atoms with van der Waals surface area (Å²) in [5, 5.41) is 22.1. The summed E-state index contributed by atoms with van der Waals surface area (Å²) in [4.78, 5) is 41.7. The first-order valence-electron chi connectivity index (χ1n) is 13.8. The molecule has 2 amide bonds. The van der Waals surface area contributed by atoms with E-state index < -0.39 is 12.0 Å². The summed E-state index contributed by atoms with van der Waals surface area (Å²) in [6, 6.07) is 11.5. The number of anilines is 1. The van der Waals surface area contributed by atoms with E-state index in [0.717, 1.165) is 5.56 Å². The van der Waals surface area contributed by atoms with Crippen LogP contribution in [0.2, 0.25) is 0 Å². The maximum Gasteiger partial charge on any atom is 0.335 e. The summed E-state index contributed by atoms with van der Waals surface area (Å²) in [7, 11) is 1.96. The van der Waals surface area contributed by atoms with Crippen LogP contribution in [0.5, 0.6) is 5.75 Å². The summed E-state index contributed by atoms with van der Waals surface area (Å²) in [5.41, 5.74) is 1.98. The molecule has 216 valence electrons. The van der Waals surface area contributed by atoms with Gasteiger partial charge in [0.25, 0.3) is 5.91 Å². The molecule has 2 heterocycles. The molecule has 2 aliphatic rings. The fourth-order valence-corrected chi connectivity index (χ4v) is 5.19. The molecule has 0 unspecified atom stereocenters. The summed E-state index contributed by atoms with van der Waals surface area (Å²) in [5.74, 6) is -1.28. The molecule has 3 atom stereocenters. The summed E-state index contributed by atoms with van der Waals surface area (Å²) >= 11 is 0. The van der Waals surface area contributed by atoms with Gasteiger partial charge in [-0.15, -0.1) is 0 Å². The van der Waals surface area contributed by atoms with Crippen molar-refractivity contribution in [3.8, 4) is 5.75 Å². The van der Waals surface area contributed by atoms with E-state index in [1.165, 1.54) is 0 Å². The molecule has 10 nitrogen and oxygen atoms in total. The number of carbonyl (C=O) groups is 3. The predicted octanol–water partition coefficient (Wildman–Crippen LogP) is 3.10. The van der Waals surface area contributed by atoms with Gasteiger partial charge in [-0.25, -0.2) is 4.79 Å². The first-order valence-corrected chi connectivity index (χ1v) is 13.8. The zero-order valence-electron chi connectivity index (χ0n) is 23.3. The Morgan fingerprint density at radius 1 is 1.15 bits per heavy atom. The number of aromatic carboxylic acids is 1. The predicted molar refractivity (Wildman–Crippen MR) is 150 cm³/mol. The van der Waals surface area contributed by atoms with Crippen LogP contribution in [0, 0.1) is 11.8 Å². The van der Waals surface area contributed by atoms with Crippen LogP contribution in [0.15, 0.2) is 42.5 Å². The van der Waals surface area contributed by atoms with Gasteiger partial charge in [0.05, 0.1) is 29.5 Å². The van der Waals surface area contributed by atoms with Crippen molar-refractivity contribution in [3.05, 3.63) is 59.2 Å². The number of rotatable bonds is 9. The second-order valence-corrected chi connectivity index (χ2v) is 10.9. The normalized spacial score (nSPS) is 20.7. The lowest BCUT2D eigenvalue weighted by atomic mass is 9.98. The van der Waals surface area contributed by atoms with E-state index in [4.69, 9.17) is 9.47 Å². The second kappa shape index (κ2) is 13.3. The Labute approximate surface area is 234 Å². The highest BCUT2D eigenvalue weighted by atomic mass is 16.5. The lowest BCUT2D eigenvalue weighted by molar-refractivity contribution is -0.122. The molecule has 0 saturated carbocycles. The lowest BCUT2D eigenvalue weighted by Gasteiger charge is -2.38. The maximum atomic E-state index is 13.7. The van der Waals surface area contributed by atoms with Crippen LogP contribution in [-0.2, 0) is 16.1 Å². The lowest BCUT2D eigenvalue weighted by Crippen LogP contribution is -2.49. The molecule has 10 heteroatoms. The monoisotopic (exact) mass is 553 g/mol. The number of aliphatic hydroxyl groups excluding tert-OH is 1. The highest BCUT2D eigenvalue weighted by Crippen LogP contribution is 2.35. The quantitative estimate of drug-likeness (QED) is 0.432. The van der Waals surface area contributed by atoms with Gasteiger partial charge < -0.3 is 29.9 Å². The molecule has 0 spiro atoms. The van der Waals surface area contributed by atoms with Crippen LogP contribution in [0.3, 0.4) is 0 Å².